The summed E-state index contributed by atoms with van der Waals surface area (Å²) in [5.41, 5.74) is 1.89. The van der Waals surface area contributed by atoms with E-state index in [-0.39, 0.29) is 0 Å². The lowest BCUT2D eigenvalue weighted by Crippen LogP contribution is -2.11. The van der Waals surface area contributed by atoms with Crippen LogP contribution in [0.5, 0.6) is 11.5 Å². The summed E-state index contributed by atoms with van der Waals surface area (Å²) in [5.74, 6) is 9.79. The molecule has 136 valence electrons. The minimum absolute atomic E-state index is 0.581. The lowest BCUT2D eigenvalue weighted by atomic mass is 10.2. The van der Waals surface area contributed by atoms with Crippen molar-refractivity contribution in [3.05, 3.63) is 78.3 Å². The molecule has 7 heteroatoms. The first-order chi connectivity index (χ1) is 13.2. The van der Waals surface area contributed by atoms with Gasteiger partial charge in [-0.15, -0.1) is 10.2 Å². The molecule has 0 spiro atoms. The van der Waals surface area contributed by atoms with Gasteiger partial charge in [0.25, 0.3) is 0 Å². The van der Waals surface area contributed by atoms with Crippen LogP contribution in [0.1, 0.15) is 11.3 Å². The summed E-state index contributed by atoms with van der Waals surface area (Å²) in [4.78, 5) is 0. The molecule has 4 aromatic rings. The van der Waals surface area contributed by atoms with Crippen molar-refractivity contribution < 1.29 is 9.15 Å². The molecule has 2 N–H and O–H groups in total. The Bertz CT molecular complexity index is 1040. The molecule has 2 aromatic carbocycles. The lowest BCUT2D eigenvalue weighted by molar-refractivity contribution is 0.478. The fourth-order valence-corrected chi connectivity index (χ4v) is 3.50. The highest BCUT2D eigenvalue weighted by atomic mass is 32.2. The number of nitrogens with zero attached hydrogens (tertiary/aromatic N) is 3. The van der Waals surface area contributed by atoms with Gasteiger partial charge in [0.1, 0.15) is 17.3 Å². The number of aromatic nitrogens is 3. The van der Waals surface area contributed by atoms with E-state index in [1.165, 1.54) is 16.4 Å². The number of nitrogen functional groups attached to an aromatic ring is 1. The Hall–Kier alpha value is -3.19. The summed E-state index contributed by atoms with van der Waals surface area (Å²) in [6.07, 6.45) is 1.61. The number of rotatable bonds is 6. The fraction of sp³-hybridized carbons (Fsp3) is 0.100. The van der Waals surface area contributed by atoms with Crippen molar-refractivity contribution in [2.75, 3.05) is 5.84 Å². The first-order valence-corrected chi connectivity index (χ1v) is 9.39. The third-order valence-corrected chi connectivity index (χ3v) is 5.06. The van der Waals surface area contributed by atoms with Gasteiger partial charge in [-0.25, -0.2) is 4.68 Å². The lowest BCUT2D eigenvalue weighted by Gasteiger charge is -2.10. The average molecular weight is 378 g/mol. The second-order valence-electron chi connectivity index (χ2n) is 5.88. The quantitative estimate of drug-likeness (QED) is 0.389. The SMILES string of the molecule is Cc1occc1-c1nnc(SCc2ccccc2Oc2ccccc2)n1N. The van der Waals surface area contributed by atoms with Gasteiger partial charge in [-0.3, -0.25) is 0 Å². The number of para-hydroxylation sites is 2. The highest BCUT2D eigenvalue weighted by Crippen LogP contribution is 2.31. The first kappa shape index (κ1) is 17.2. The summed E-state index contributed by atoms with van der Waals surface area (Å²) < 4.78 is 12.8. The van der Waals surface area contributed by atoms with Gasteiger partial charge >= 0.3 is 0 Å². The van der Waals surface area contributed by atoms with E-state index in [1.807, 2.05) is 67.6 Å². The number of aryl methyl sites for hydroxylation is 1. The Morgan fingerprint density at radius 1 is 1.04 bits per heavy atom. The Labute approximate surface area is 161 Å². The summed E-state index contributed by atoms with van der Waals surface area (Å²) in [5, 5.41) is 9.03. The zero-order valence-corrected chi connectivity index (χ0v) is 15.5. The van der Waals surface area contributed by atoms with Gasteiger partial charge in [0, 0.05) is 11.3 Å². The van der Waals surface area contributed by atoms with E-state index >= 15 is 0 Å². The van der Waals surface area contributed by atoms with Crippen LogP contribution in [-0.4, -0.2) is 14.9 Å². The molecule has 4 rings (SSSR count). The normalized spacial score (nSPS) is 10.9. The van der Waals surface area contributed by atoms with Crippen LogP contribution in [0.3, 0.4) is 0 Å². The van der Waals surface area contributed by atoms with Crippen LogP contribution in [0.2, 0.25) is 0 Å². The zero-order chi connectivity index (χ0) is 18.6. The van der Waals surface area contributed by atoms with Gasteiger partial charge in [-0.1, -0.05) is 48.2 Å². The van der Waals surface area contributed by atoms with Crippen LogP contribution in [0.15, 0.2) is 76.5 Å². The maximum atomic E-state index is 6.19. The van der Waals surface area contributed by atoms with Gasteiger partial charge in [-0.2, -0.15) is 0 Å². The second-order valence-corrected chi connectivity index (χ2v) is 6.82. The average Bonchev–Trinajstić information content (AvgIpc) is 3.27. The molecule has 6 nitrogen and oxygen atoms in total. The molecule has 0 aliphatic heterocycles. The van der Waals surface area contributed by atoms with Gasteiger partial charge in [0.15, 0.2) is 5.82 Å². The summed E-state index contributed by atoms with van der Waals surface area (Å²) >= 11 is 1.50. The number of nitrogens with two attached hydrogens (primary N) is 1. The molecule has 2 aromatic heterocycles. The molecule has 0 fully saturated rings. The van der Waals surface area contributed by atoms with Gasteiger partial charge in [0.05, 0.1) is 11.8 Å². The maximum Gasteiger partial charge on any atom is 0.210 e. The fourth-order valence-electron chi connectivity index (χ4n) is 2.66. The molecule has 0 saturated heterocycles. The standard InChI is InChI=1S/C20H18N4O2S/c1-14-17(11-12-25-14)19-22-23-20(24(19)21)27-13-15-7-5-6-10-18(15)26-16-8-3-2-4-9-16/h2-12H,13,21H2,1H3. The molecule has 27 heavy (non-hydrogen) atoms. The van der Waals surface area contributed by atoms with Gasteiger partial charge < -0.3 is 15.0 Å². The van der Waals surface area contributed by atoms with Crippen molar-refractivity contribution in [1.82, 2.24) is 14.9 Å². The number of hydrogen-bond donors (Lipinski definition) is 1. The predicted octanol–water partition coefficient (Wildman–Crippen LogP) is 4.64. The van der Waals surface area contributed by atoms with Crippen LogP contribution in [0.25, 0.3) is 11.4 Å². The molecule has 0 aliphatic rings. The molecule has 0 aliphatic carbocycles. The smallest absolute Gasteiger partial charge is 0.210 e. The van der Waals surface area contributed by atoms with Crippen LogP contribution in [0, 0.1) is 6.92 Å². The molecule has 0 amide bonds. The van der Waals surface area contributed by atoms with E-state index in [0.29, 0.717) is 16.7 Å². The largest absolute Gasteiger partial charge is 0.469 e. The van der Waals surface area contributed by atoms with Crippen molar-refractivity contribution in [2.45, 2.75) is 17.8 Å². The number of benzene rings is 2. The minimum Gasteiger partial charge on any atom is -0.469 e. The van der Waals surface area contributed by atoms with Crippen molar-refractivity contribution in [2.24, 2.45) is 0 Å². The Balaban J connectivity index is 1.52. The highest BCUT2D eigenvalue weighted by Gasteiger charge is 2.16. The zero-order valence-electron chi connectivity index (χ0n) is 14.7. The van der Waals surface area contributed by atoms with Crippen molar-refractivity contribution in [3.8, 4) is 22.9 Å². The van der Waals surface area contributed by atoms with Crippen LogP contribution >= 0.6 is 11.8 Å². The molecule has 0 unspecified atom stereocenters. The Morgan fingerprint density at radius 3 is 2.59 bits per heavy atom. The van der Waals surface area contributed by atoms with Crippen molar-refractivity contribution >= 4 is 11.8 Å². The number of ether oxygens (including phenoxy) is 1. The Morgan fingerprint density at radius 2 is 1.81 bits per heavy atom. The molecule has 0 bridgehead atoms. The third kappa shape index (κ3) is 3.68. The van der Waals surface area contributed by atoms with Crippen LogP contribution < -0.4 is 10.6 Å². The van der Waals surface area contributed by atoms with E-state index in [9.17, 15) is 0 Å². The maximum absolute atomic E-state index is 6.19. The molecule has 0 atom stereocenters. The topological polar surface area (TPSA) is 79.1 Å². The highest BCUT2D eigenvalue weighted by molar-refractivity contribution is 7.98. The van der Waals surface area contributed by atoms with Crippen LogP contribution in [-0.2, 0) is 5.75 Å². The van der Waals surface area contributed by atoms with Gasteiger partial charge in [-0.05, 0) is 31.2 Å². The third-order valence-electron chi connectivity index (χ3n) is 4.06. The number of furan rings is 1. The number of thioether (sulfide) groups is 1. The number of hydrogen-bond acceptors (Lipinski definition) is 6. The molecular formula is C20H18N4O2S. The Kier molecular flexibility index (Phi) is 4.84. The first-order valence-electron chi connectivity index (χ1n) is 8.41. The summed E-state index contributed by atoms with van der Waals surface area (Å²) in [6.45, 7) is 1.87. The van der Waals surface area contributed by atoms with Crippen LogP contribution in [0.4, 0.5) is 0 Å². The summed E-state index contributed by atoms with van der Waals surface area (Å²) in [7, 11) is 0. The van der Waals surface area contributed by atoms with Gasteiger partial charge in [0.2, 0.25) is 5.16 Å². The van der Waals surface area contributed by atoms with E-state index in [4.69, 9.17) is 15.0 Å². The van der Waals surface area contributed by atoms with Crippen molar-refractivity contribution in [1.29, 1.82) is 0 Å². The second kappa shape index (κ2) is 7.59. The summed E-state index contributed by atoms with van der Waals surface area (Å²) in [6, 6.07) is 19.5. The minimum atomic E-state index is 0.581. The van der Waals surface area contributed by atoms with E-state index in [0.717, 1.165) is 28.4 Å². The molecule has 2 heterocycles. The van der Waals surface area contributed by atoms with E-state index in [2.05, 4.69) is 10.2 Å². The van der Waals surface area contributed by atoms with E-state index in [1.54, 1.807) is 6.26 Å². The predicted molar refractivity (Wildman–Crippen MR) is 105 cm³/mol. The molecule has 0 radical (unpaired) electrons. The molecular weight excluding hydrogens is 360 g/mol. The van der Waals surface area contributed by atoms with Crippen molar-refractivity contribution in [3.63, 3.8) is 0 Å². The van der Waals surface area contributed by atoms with E-state index < -0.39 is 0 Å². The monoisotopic (exact) mass is 378 g/mol. The molecule has 0 saturated carbocycles.